The maximum atomic E-state index is 13.5. The molecule has 2 rings (SSSR count). The largest absolute Gasteiger partial charge is 0.543 e. The summed E-state index contributed by atoms with van der Waals surface area (Å²) in [6, 6.07) is 4.11. The first-order chi connectivity index (χ1) is 13.0. The molecule has 1 aromatic carbocycles. The molecule has 1 fully saturated rings. The summed E-state index contributed by atoms with van der Waals surface area (Å²) in [5.41, 5.74) is 0.673. The van der Waals surface area contributed by atoms with E-state index in [1.165, 1.54) is 18.6 Å². The lowest BCUT2D eigenvalue weighted by molar-refractivity contribution is -0.139. The van der Waals surface area contributed by atoms with Crippen LogP contribution in [0.2, 0.25) is 0 Å². The van der Waals surface area contributed by atoms with Gasteiger partial charge in [-0.2, -0.15) is 0 Å². The SMILES string of the molecule is [B]OC(=O)C(CCCC)CCCC1CCCCN1Cc1cc(F)cc(F)c1. The standard InChI is InChI=1S/C21H30BF2NO2/c1-2-3-7-17(21(26)27-22)8-6-10-20-9-4-5-11-25(20)15-16-12-18(23)14-19(24)13-16/h12-14,17,20H,2-11,15H2,1H3. The third-order valence-corrected chi connectivity index (χ3v) is 5.50. The topological polar surface area (TPSA) is 29.5 Å². The van der Waals surface area contributed by atoms with Crippen LogP contribution in [0.1, 0.15) is 70.3 Å². The molecule has 1 aliphatic heterocycles. The summed E-state index contributed by atoms with van der Waals surface area (Å²) < 4.78 is 31.4. The number of likely N-dealkylation sites (tertiary alicyclic amines) is 1. The molecule has 0 N–H and O–H groups in total. The van der Waals surface area contributed by atoms with Gasteiger partial charge in [0.15, 0.2) is 0 Å². The molecule has 1 aromatic rings. The second kappa shape index (κ2) is 11.4. The molecule has 148 valence electrons. The van der Waals surface area contributed by atoms with Gasteiger partial charge in [-0.3, -0.25) is 9.69 Å². The van der Waals surface area contributed by atoms with Crippen molar-refractivity contribution in [2.45, 2.75) is 77.3 Å². The average molecular weight is 377 g/mol. The molecule has 2 radical (unpaired) electrons. The Balaban J connectivity index is 1.89. The number of hydrogen-bond donors (Lipinski definition) is 0. The first-order valence-electron chi connectivity index (χ1n) is 10.1. The number of nitrogens with zero attached hydrogens (tertiary/aromatic N) is 1. The summed E-state index contributed by atoms with van der Waals surface area (Å²) in [5.74, 6) is -1.52. The number of piperidine rings is 1. The highest BCUT2D eigenvalue weighted by molar-refractivity contribution is 6.05. The second-order valence-corrected chi connectivity index (χ2v) is 7.60. The molecule has 2 unspecified atom stereocenters. The van der Waals surface area contributed by atoms with Crippen molar-refractivity contribution in [3.8, 4) is 0 Å². The van der Waals surface area contributed by atoms with Gasteiger partial charge in [0.05, 0.1) is 5.92 Å². The number of rotatable bonds is 10. The second-order valence-electron chi connectivity index (χ2n) is 7.60. The van der Waals surface area contributed by atoms with Crippen LogP contribution in [0.3, 0.4) is 0 Å². The van der Waals surface area contributed by atoms with E-state index in [0.717, 1.165) is 64.0 Å². The molecule has 6 heteroatoms. The van der Waals surface area contributed by atoms with E-state index in [1.54, 1.807) is 0 Å². The summed E-state index contributed by atoms with van der Waals surface area (Å²) in [5, 5.41) is 0. The Bertz CT molecular complexity index is 579. The predicted octanol–water partition coefficient (Wildman–Crippen LogP) is 4.92. The normalized spacial score (nSPS) is 19.0. The first-order valence-corrected chi connectivity index (χ1v) is 10.1. The zero-order chi connectivity index (χ0) is 19.6. The molecular weight excluding hydrogens is 347 g/mol. The molecule has 1 aliphatic rings. The van der Waals surface area contributed by atoms with Crippen LogP contribution in [-0.2, 0) is 16.0 Å². The van der Waals surface area contributed by atoms with E-state index in [4.69, 9.17) is 8.05 Å². The third kappa shape index (κ3) is 7.25. The molecule has 0 amide bonds. The lowest BCUT2D eigenvalue weighted by Gasteiger charge is -2.36. The van der Waals surface area contributed by atoms with Crippen molar-refractivity contribution in [2.75, 3.05) is 6.54 Å². The van der Waals surface area contributed by atoms with E-state index in [0.29, 0.717) is 18.2 Å². The fourth-order valence-electron chi connectivity index (χ4n) is 4.06. The molecule has 0 bridgehead atoms. The van der Waals surface area contributed by atoms with Gasteiger partial charge in [-0.25, -0.2) is 8.78 Å². The lowest BCUT2D eigenvalue weighted by atomic mass is 9.91. The number of halogens is 2. The summed E-state index contributed by atoms with van der Waals surface area (Å²) in [4.78, 5) is 14.2. The molecular formula is C21H30BF2NO2. The quantitative estimate of drug-likeness (QED) is 0.542. The van der Waals surface area contributed by atoms with E-state index in [9.17, 15) is 13.6 Å². The fraction of sp³-hybridized carbons (Fsp3) is 0.667. The van der Waals surface area contributed by atoms with Crippen molar-refractivity contribution in [1.82, 2.24) is 4.90 Å². The molecule has 1 saturated heterocycles. The van der Waals surface area contributed by atoms with Crippen LogP contribution in [0.15, 0.2) is 18.2 Å². The number of hydrogen-bond acceptors (Lipinski definition) is 3. The maximum absolute atomic E-state index is 13.5. The van der Waals surface area contributed by atoms with Crippen molar-refractivity contribution in [3.63, 3.8) is 0 Å². The zero-order valence-electron chi connectivity index (χ0n) is 16.3. The van der Waals surface area contributed by atoms with E-state index in [-0.39, 0.29) is 11.9 Å². The molecule has 0 aromatic heterocycles. The molecule has 0 saturated carbocycles. The van der Waals surface area contributed by atoms with Crippen molar-refractivity contribution in [2.24, 2.45) is 5.92 Å². The highest BCUT2D eigenvalue weighted by Crippen LogP contribution is 2.26. The van der Waals surface area contributed by atoms with Gasteiger partial charge >= 0.3 is 8.05 Å². The van der Waals surface area contributed by atoms with Crippen LogP contribution >= 0.6 is 0 Å². The molecule has 1 heterocycles. The van der Waals surface area contributed by atoms with E-state index in [1.807, 2.05) is 0 Å². The molecule has 27 heavy (non-hydrogen) atoms. The number of carbonyl (C=O) groups excluding carboxylic acids is 1. The Morgan fingerprint density at radius 3 is 2.59 bits per heavy atom. The summed E-state index contributed by atoms with van der Waals surface area (Å²) in [7, 11) is 5.07. The smallest absolute Gasteiger partial charge is 0.378 e. The Labute approximate surface area is 162 Å². The molecule has 2 atom stereocenters. The summed E-state index contributed by atoms with van der Waals surface area (Å²) in [6.07, 6.45) is 8.85. The van der Waals surface area contributed by atoms with Crippen LogP contribution in [0, 0.1) is 17.6 Å². The van der Waals surface area contributed by atoms with Gasteiger partial charge in [-0.1, -0.05) is 32.6 Å². The van der Waals surface area contributed by atoms with Gasteiger partial charge in [0, 0.05) is 18.7 Å². The first kappa shape index (κ1) is 21.9. The number of carbonyl (C=O) groups is 1. The summed E-state index contributed by atoms with van der Waals surface area (Å²) >= 11 is 0. The van der Waals surface area contributed by atoms with Crippen molar-refractivity contribution in [3.05, 3.63) is 35.4 Å². The molecule has 0 aliphatic carbocycles. The molecule has 0 spiro atoms. The van der Waals surface area contributed by atoms with Crippen molar-refractivity contribution < 1.29 is 18.2 Å². The minimum atomic E-state index is -0.530. The van der Waals surface area contributed by atoms with E-state index < -0.39 is 11.6 Å². The van der Waals surface area contributed by atoms with Gasteiger partial charge in [0.1, 0.15) is 11.6 Å². The number of benzene rings is 1. The van der Waals surface area contributed by atoms with Gasteiger partial charge in [-0.05, 0) is 56.3 Å². The van der Waals surface area contributed by atoms with Gasteiger partial charge in [-0.15, -0.1) is 0 Å². The van der Waals surface area contributed by atoms with Crippen LogP contribution in [0.5, 0.6) is 0 Å². The van der Waals surface area contributed by atoms with Crippen LogP contribution in [0.25, 0.3) is 0 Å². The fourth-order valence-corrected chi connectivity index (χ4v) is 4.06. The van der Waals surface area contributed by atoms with Gasteiger partial charge < -0.3 is 4.65 Å². The zero-order valence-corrected chi connectivity index (χ0v) is 16.3. The van der Waals surface area contributed by atoms with E-state index in [2.05, 4.69) is 16.5 Å². The minimum absolute atomic E-state index is 0.135. The Hall–Kier alpha value is -1.43. The van der Waals surface area contributed by atoms with E-state index >= 15 is 0 Å². The van der Waals surface area contributed by atoms with Crippen LogP contribution in [0.4, 0.5) is 8.78 Å². The Kier molecular flexibility index (Phi) is 9.25. The minimum Gasteiger partial charge on any atom is -0.543 e. The lowest BCUT2D eigenvalue weighted by Crippen LogP contribution is -2.39. The van der Waals surface area contributed by atoms with Crippen molar-refractivity contribution in [1.29, 1.82) is 0 Å². The molecule has 3 nitrogen and oxygen atoms in total. The highest BCUT2D eigenvalue weighted by atomic mass is 19.1. The van der Waals surface area contributed by atoms with Crippen LogP contribution in [-0.4, -0.2) is 31.5 Å². The van der Waals surface area contributed by atoms with Gasteiger partial charge in [0.25, 0.3) is 5.97 Å². The van der Waals surface area contributed by atoms with Gasteiger partial charge in [0.2, 0.25) is 0 Å². The number of unbranched alkanes of at least 4 members (excludes halogenated alkanes) is 1. The third-order valence-electron chi connectivity index (χ3n) is 5.50. The Morgan fingerprint density at radius 2 is 1.93 bits per heavy atom. The average Bonchev–Trinajstić information content (AvgIpc) is 2.64. The summed E-state index contributed by atoms with van der Waals surface area (Å²) in [6.45, 7) is 3.59. The van der Waals surface area contributed by atoms with Crippen molar-refractivity contribution >= 4 is 14.0 Å². The Morgan fingerprint density at radius 1 is 1.22 bits per heavy atom. The highest BCUT2D eigenvalue weighted by Gasteiger charge is 2.24. The predicted molar refractivity (Wildman–Crippen MR) is 103 cm³/mol. The van der Waals surface area contributed by atoms with Crippen LogP contribution < -0.4 is 0 Å². The maximum Gasteiger partial charge on any atom is 0.378 e. The monoisotopic (exact) mass is 377 g/mol.